The number of imide groups is 1. The summed E-state index contributed by atoms with van der Waals surface area (Å²) in [5, 5.41) is 0. The lowest BCUT2D eigenvalue weighted by Gasteiger charge is -2.13. The van der Waals surface area contributed by atoms with E-state index < -0.39 is 0 Å². The molecular formula is C15H21NO2Si. The van der Waals surface area contributed by atoms with E-state index in [2.05, 4.69) is 6.55 Å². The van der Waals surface area contributed by atoms with Gasteiger partial charge in [-0.3, -0.25) is 14.5 Å². The van der Waals surface area contributed by atoms with Crippen LogP contribution in [-0.2, 0) is 0 Å². The molecule has 0 atom stereocenters. The van der Waals surface area contributed by atoms with Crippen molar-refractivity contribution in [1.82, 2.24) is 4.90 Å². The highest BCUT2D eigenvalue weighted by atomic mass is 28.2. The molecule has 4 heteroatoms. The highest BCUT2D eigenvalue weighted by Gasteiger charge is 2.34. The van der Waals surface area contributed by atoms with E-state index >= 15 is 0 Å². The standard InChI is InChI=1S/C15H21NO2Si/c1-19-11-7-3-2-6-10-16-14(17)12-8-4-5-9-13(12)15(16)18/h4-5,8-9H,2-3,6-7,10-11,19H2,1H3. The molecule has 0 fully saturated rings. The average Bonchev–Trinajstić information content (AvgIpc) is 2.68. The van der Waals surface area contributed by atoms with Crippen LogP contribution in [0.5, 0.6) is 0 Å². The van der Waals surface area contributed by atoms with Crippen LogP contribution in [0, 0.1) is 0 Å². The Morgan fingerprint density at radius 1 is 0.947 bits per heavy atom. The van der Waals surface area contributed by atoms with E-state index in [9.17, 15) is 9.59 Å². The van der Waals surface area contributed by atoms with Crippen LogP contribution in [-0.4, -0.2) is 32.8 Å². The van der Waals surface area contributed by atoms with Crippen molar-refractivity contribution in [3.05, 3.63) is 35.4 Å². The molecule has 0 aliphatic carbocycles. The summed E-state index contributed by atoms with van der Waals surface area (Å²) in [6.07, 6.45) is 4.58. The van der Waals surface area contributed by atoms with Crippen LogP contribution in [0.2, 0.25) is 12.6 Å². The monoisotopic (exact) mass is 275 g/mol. The van der Waals surface area contributed by atoms with Gasteiger partial charge in [-0.2, -0.15) is 0 Å². The molecule has 0 N–H and O–H groups in total. The van der Waals surface area contributed by atoms with Crippen LogP contribution in [0.25, 0.3) is 0 Å². The van der Waals surface area contributed by atoms with Gasteiger partial charge in [-0.05, 0) is 18.6 Å². The van der Waals surface area contributed by atoms with E-state index in [1.165, 1.54) is 23.8 Å². The summed E-state index contributed by atoms with van der Waals surface area (Å²) in [6.45, 7) is 2.90. The first kappa shape index (κ1) is 14.0. The highest BCUT2D eigenvalue weighted by molar-refractivity contribution is 6.33. The Balaban J connectivity index is 1.83. The lowest BCUT2D eigenvalue weighted by molar-refractivity contribution is 0.0651. The molecule has 0 spiro atoms. The van der Waals surface area contributed by atoms with Crippen LogP contribution in [0.3, 0.4) is 0 Å². The molecule has 1 aromatic rings. The van der Waals surface area contributed by atoms with Gasteiger partial charge in [0, 0.05) is 16.1 Å². The third-order valence-electron chi connectivity index (χ3n) is 3.61. The molecule has 0 saturated carbocycles. The Labute approximate surface area is 116 Å². The zero-order valence-corrected chi connectivity index (χ0v) is 12.9. The first-order valence-electron chi connectivity index (χ1n) is 7.21. The molecule has 0 saturated heterocycles. The molecule has 2 rings (SSSR count). The lowest BCUT2D eigenvalue weighted by Crippen LogP contribution is -2.30. The van der Waals surface area contributed by atoms with Gasteiger partial charge >= 0.3 is 0 Å². The van der Waals surface area contributed by atoms with Crippen molar-refractivity contribution in [2.45, 2.75) is 38.3 Å². The van der Waals surface area contributed by atoms with Gasteiger partial charge < -0.3 is 0 Å². The third kappa shape index (κ3) is 3.12. The average molecular weight is 275 g/mol. The fourth-order valence-corrected chi connectivity index (χ4v) is 3.35. The number of carbonyl (C=O) groups is 2. The minimum absolute atomic E-state index is 0.124. The van der Waals surface area contributed by atoms with Gasteiger partial charge in [0.2, 0.25) is 0 Å². The van der Waals surface area contributed by atoms with Crippen LogP contribution in [0.15, 0.2) is 24.3 Å². The molecule has 1 aromatic carbocycles. The quantitative estimate of drug-likeness (QED) is 0.435. The van der Waals surface area contributed by atoms with E-state index in [1.54, 1.807) is 12.1 Å². The van der Waals surface area contributed by atoms with Gasteiger partial charge in [-0.15, -0.1) is 0 Å². The molecule has 1 aliphatic rings. The van der Waals surface area contributed by atoms with Crippen LogP contribution in [0.1, 0.15) is 46.4 Å². The first-order chi connectivity index (χ1) is 9.25. The molecule has 2 amide bonds. The molecular weight excluding hydrogens is 254 g/mol. The zero-order chi connectivity index (χ0) is 13.7. The lowest BCUT2D eigenvalue weighted by atomic mass is 10.1. The summed E-state index contributed by atoms with van der Waals surface area (Å²) in [5.41, 5.74) is 1.12. The van der Waals surface area contributed by atoms with Crippen LogP contribution >= 0.6 is 0 Å². The number of rotatable bonds is 7. The maximum absolute atomic E-state index is 12.1. The molecule has 1 heterocycles. The summed E-state index contributed by atoms with van der Waals surface area (Å²) < 4.78 is 0. The normalized spacial score (nSPS) is 14.7. The Hall–Kier alpha value is -1.42. The van der Waals surface area contributed by atoms with Gasteiger partial charge in [-0.1, -0.05) is 44.0 Å². The molecule has 0 aromatic heterocycles. The van der Waals surface area contributed by atoms with E-state index in [1.807, 2.05) is 12.1 Å². The maximum atomic E-state index is 12.1. The third-order valence-corrected chi connectivity index (χ3v) is 4.82. The fourth-order valence-electron chi connectivity index (χ4n) is 2.49. The summed E-state index contributed by atoms with van der Waals surface area (Å²) in [5.74, 6) is -0.247. The number of unbranched alkanes of at least 4 members (excludes halogenated alkanes) is 3. The van der Waals surface area contributed by atoms with Crippen molar-refractivity contribution in [1.29, 1.82) is 0 Å². The molecule has 19 heavy (non-hydrogen) atoms. The second kappa shape index (κ2) is 6.66. The van der Waals surface area contributed by atoms with E-state index in [0.717, 1.165) is 12.8 Å². The fraction of sp³-hybridized carbons (Fsp3) is 0.467. The first-order valence-corrected chi connectivity index (χ1v) is 9.62. The number of hydrogen-bond donors (Lipinski definition) is 0. The minimum atomic E-state index is -0.124. The van der Waals surface area contributed by atoms with Crippen molar-refractivity contribution in [3.63, 3.8) is 0 Å². The highest BCUT2D eigenvalue weighted by Crippen LogP contribution is 2.22. The van der Waals surface area contributed by atoms with E-state index in [4.69, 9.17) is 0 Å². The molecule has 0 bridgehead atoms. The topological polar surface area (TPSA) is 37.4 Å². The summed E-state index contributed by atoms with van der Waals surface area (Å²) in [7, 11) is 0.194. The largest absolute Gasteiger partial charge is 0.274 e. The summed E-state index contributed by atoms with van der Waals surface area (Å²) >= 11 is 0. The van der Waals surface area contributed by atoms with Crippen LogP contribution in [0.4, 0.5) is 0 Å². The molecule has 102 valence electrons. The number of carbonyl (C=O) groups excluding carboxylic acids is 2. The number of amides is 2. The number of benzene rings is 1. The van der Waals surface area contributed by atoms with E-state index in [0.29, 0.717) is 17.7 Å². The van der Waals surface area contributed by atoms with Gasteiger partial charge in [0.15, 0.2) is 0 Å². The number of nitrogens with zero attached hydrogens (tertiary/aromatic N) is 1. The summed E-state index contributed by atoms with van der Waals surface area (Å²) in [4.78, 5) is 25.6. The SMILES string of the molecule is C[SiH2]CCCCCCN1C(=O)c2ccccc2C1=O. The van der Waals surface area contributed by atoms with Crippen LogP contribution < -0.4 is 0 Å². The number of hydrogen-bond acceptors (Lipinski definition) is 2. The molecule has 3 nitrogen and oxygen atoms in total. The van der Waals surface area contributed by atoms with Gasteiger partial charge in [-0.25, -0.2) is 0 Å². The van der Waals surface area contributed by atoms with Crippen molar-refractivity contribution < 1.29 is 9.59 Å². The Morgan fingerprint density at radius 2 is 1.53 bits per heavy atom. The smallest absolute Gasteiger partial charge is 0.261 e. The molecule has 1 aliphatic heterocycles. The molecule has 0 unspecified atom stereocenters. The summed E-state index contributed by atoms with van der Waals surface area (Å²) in [6, 6.07) is 8.50. The Morgan fingerprint density at radius 3 is 2.11 bits per heavy atom. The predicted molar refractivity (Wildman–Crippen MR) is 79.5 cm³/mol. The van der Waals surface area contributed by atoms with Gasteiger partial charge in [0.25, 0.3) is 11.8 Å². The number of fused-ring (bicyclic) bond motifs is 1. The Kier molecular flexibility index (Phi) is 4.91. The predicted octanol–water partition coefficient (Wildman–Crippen LogP) is 2.48. The van der Waals surface area contributed by atoms with Gasteiger partial charge in [0.1, 0.15) is 0 Å². The molecule has 0 radical (unpaired) electrons. The van der Waals surface area contributed by atoms with Gasteiger partial charge in [0.05, 0.1) is 11.1 Å². The van der Waals surface area contributed by atoms with Crippen molar-refractivity contribution in [2.75, 3.05) is 6.54 Å². The van der Waals surface area contributed by atoms with Crippen molar-refractivity contribution >= 4 is 21.3 Å². The second-order valence-corrected chi connectivity index (χ2v) is 6.78. The van der Waals surface area contributed by atoms with Crippen molar-refractivity contribution in [3.8, 4) is 0 Å². The van der Waals surface area contributed by atoms with E-state index in [-0.39, 0.29) is 21.3 Å². The Bertz CT molecular complexity index is 438. The second-order valence-electron chi connectivity index (χ2n) is 5.08. The minimum Gasteiger partial charge on any atom is -0.274 e. The maximum Gasteiger partial charge on any atom is 0.261 e. The van der Waals surface area contributed by atoms with Crippen molar-refractivity contribution in [2.24, 2.45) is 0 Å². The zero-order valence-electron chi connectivity index (χ0n) is 11.5.